The number of amides is 2. The SMILES string of the molecule is Cc1ccc(C(=O)N2CCCC(O)(C(N)=O)C2)c(Br)c1. The zero-order valence-electron chi connectivity index (χ0n) is 11.2. The third kappa shape index (κ3) is 2.86. The van der Waals surface area contributed by atoms with E-state index in [4.69, 9.17) is 5.73 Å². The molecule has 2 amide bonds. The molecule has 0 spiro atoms. The molecule has 6 heteroatoms. The normalized spacial score (nSPS) is 22.6. The van der Waals surface area contributed by atoms with Crippen molar-refractivity contribution in [2.24, 2.45) is 5.73 Å². The van der Waals surface area contributed by atoms with Crippen LogP contribution in [0.2, 0.25) is 0 Å². The van der Waals surface area contributed by atoms with Gasteiger partial charge in [-0.05, 0) is 53.4 Å². The van der Waals surface area contributed by atoms with Crippen LogP contribution in [0, 0.1) is 6.92 Å². The number of piperidine rings is 1. The molecule has 1 aromatic carbocycles. The van der Waals surface area contributed by atoms with Crippen LogP contribution in [0.4, 0.5) is 0 Å². The summed E-state index contributed by atoms with van der Waals surface area (Å²) < 4.78 is 0.704. The lowest BCUT2D eigenvalue weighted by Gasteiger charge is -2.37. The molecule has 20 heavy (non-hydrogen) atoms. The van der Waals surface area contributed by atoms with Gasteiger partial charge in [-0.1, -0.05) is 6.07 Å². The molecule has 0 aliphatic carbocycles. The maximum absolute atomic E-state index is 12.5. The molecule has 0 aromatic heterocycles. The lowest BCUT2D eigenvalue weighted by molar-refractivity contribution is -0.140. The van der Waals surface area contributed by atoms with Crippen LogP contribution in [0.1, 0.15) is 28.8 Å². The number of primary amides is 1. The van der Waals surface area contributed by atoms with Gasteiger partial charge >= 0.3 is 0 Å². The van der Waals surface area contributed by atoms with Crippen molar-refractivity contribution in [3.8, 4) is 0 Å². The number of aliphatic hydroxyl groups is 1. The Hall–Kier alpha value is -1.40. The van der Waals surface area contributed by atoms with Crippen LogP contribution in [0.3, 0.4) is 0 Å². The molecular formula is C14H17BrN2O3. The summed E-state index contributed by atoms with van der Waals surface area (Å²) >= 11 is 3.37. The second-order valence-electron chi connectivity index (χ2n) is 5.21. The zero-order valence-corrected chi connectivity index (χ0v) is 12.8. The van der Waals surface area contributed by atoms with Gasteiger partial charge in [-0.3, -0.25) is 9.59 Å². The molecule has 5 nitrogen and oxygen atoms in total. The number of nitrogens with zero attached hydrogens (tertiary/aromatic N) is 1. The summed E-state index contributed by atoms with van der Waals surface area (Å²) in [5, 5.41) is 10.1. The number of carbonyl (C=O) groups is 2. The quantitative estimate of drug-likeness (QED) is 0.848. The highest BCUT2D eigenvalue weighted by Crippen LogP contribution is 2.25. The van der Waals surface area contributed by atoms with Crippen LogP contribution in [-0.4, -0.2) is 40.5 Å². The summed E-state index contributed by atoms with van der Waals surface area (Å²) in [4.78, 5) is 25.3. The minimum atomic E-state index is -1.62. The van der Waals surface area contributed by atoms with Gasteiger partial charge in [0.25, 0.3) is 11.8 Å². The fraction of sp³-hybridized carbons (Fsp3) is 0.429. The number of benzene rings is 1. The van der Waals surface area contributed by atoms with Crippen molar-refractivity contribution in [1.29, 1.82) is 0 Å². The molecule has 0 bridgehead atoms. The van der Waals surface area contributed by atoms with E-state index in [1.165, 1.54) is 4.90 Å². The second kappa shape index (κ2) is 5.54. The predicted molar refractivity (Wildman–Crippen MR) is 78.2 cm³/mol. The Morgan fingerprint density at radius 1 is 1.45 bits per heavy atom. The minimum absolute atomic E-state index is 0.0541. The highest BCUT2D eigenvalue weighted by molar-refractivity contribution is 9.10. The van der Waals surface area contributed by atoms with Gasteiger partial charge < -0.3 is 15.7 Å². The van der Waals surface area contributed by atoms with Crippen molar-refractivity contribution in [3.05, 3.63) is 33.8 Å². The first-order valence-electron chi connectivity index (χ1n) is 6.41. The van der Waals surface area contributed by atoms with Crippen LogP contribution in [-0.2, 0) is 4.79 Å². The molecule has 1 saturated heterocycles. The molecule has 1 aromatic rings. The fourth-order valence-corrected chi connectivity index (χ4v) is 3.04. The van der Waals surface area contributed by atoms with Crippen molar-refractivity contribution in [3.63, 3.8) is 0 Å². The van der Waals surface area contributed by atoms with Crippen molar-refractivity contribution in [2.75, 3.05) is 13.1 Å². The van der Waals surface area contributed by atoms with E-state index < -0.39 is 11.5 Å². The Labute approximate surface area is 125 Å². The van der Waals surface area contributed by atoms with E-state index in [1.54, 1.807) is 6.07 Å². The van der Waals surface area contributed by atoms with E-state index in [2.05, 4.69) is 15.9 Å². The fourth-order valence-electron chi connectivity index (χ4n) is 2.37. The van der Waals surface area contributed by atoms with Gasteiger partial charge in [0.2, 0.25) is 0 Å². The monoisotopic (exact) mass is 340 g/mol. The molecule has 108 valence electrons. The number of hydrogen-bond acceptors (Lipinski definition) is 3. The van der Waals surface area contributed by atoms with Crippen molar-refractivity contribution in [2.45, 2.75) is 25.4 Å². The summed E-state index contributed by atoms with van der Waals surface area (Å²) in [5.41, 5.74) is 5.16. The van der Waals surface area contributed by atoms with Gasteiger partial charge in [0.15, 0.2) is 5.60 Å². The highest BCUT2D eigenvalue weighted by Gasteiger charge is 2.40. The van der Waals surface area contributed by atoms with E-state index in [-0.39, 0.29) is 12.5 Å². The number of likely N-dealkylation sites (tertiary alicyclic amines) is 1. The Bertz CT molecular complexity index is 561. The van der Waals surface area contributed by atoms with E-state index >= 15 is 0 Å². The topological polar surface area (TPSA) is 83.6 Å². The van der Waals surface area contributed by atoms with Crippen LogP contribution in [0.15, 0.2) is 22.7 Å². The molecule has 0 radical (unpaired) electrons. The Balaban J connectivity index is 2.23. The average Bonchev–Trinajstić information content (AvgIpc) is 2.38. The number of rotatable bonds is 2. The first kappa shape index (κ1) is 15.0. The number of aryl methyl sites for hydroxylation is 1. The summed E-state index contributed by atoms with van der Waals surface area (Å²) in [6.45, 7) is 2.39. The number of halogens is 1. The lowest BCUT2D eigenvalue weighted by Crippen LogP contribution is -2.57. The van der Waals surface area contributed by atoms with E-state index in [1.807, 2.05) is 19.1 Å². The molecule has 1 aliphatic heterocycles. The van der Waals surface area contributed by atoms with Crippen molar-refractivity contribution < 1.29 is 14.7 Å². The summed E-state index contributed by atoms with van der Waals surface area (Å²) in [6, 6.07) is 5.44. The lowest BCUT2D eigenvalue weighted by atomic mass is 9.92. The molecule has 2 rings (SSSR count). The van der Waals surface area contributed by atoms with E-state index in [9.17, 15) is 14.7 Å². The third-order valence-electron chi connectivity index (χ3n) is 3.57. The minimum Gasteiger partial charge on any atom is -0.378 e. The molecule has 0 saturated carbocycles. The zero-order chi connectivity index (χ0) is 14.9. The van der Waals surface area contributed by atoms with Crippen molar-refractivity contribution >= 4 is 27.7 Å². The van der Waals surface area contributed by atoms with Crippen molar-refractivity contribution in [1.82, 2.24) is 4.90 Å². The smallest absolute Gasteiger partial charge is 0.255 e. The van der Waals surface area contributed by atoms with Crippen LogP contribution in [0.25, 0.3) is 0 Å². The maximum atomic E-state index is 12.5. The summed E-state index contributed by atoms with van der Waals surface area (Å²) in [7, 11) is 0. The van der Waals surface area contributed by atoms with Crippen LogP contribution >= 0.6 is 15.9 Å². The van der Waals surface area contributed by atoms with Crippen LogP contribution in [0.5, 0.6) is 0 Å². The summed E-state index contributed by atoms with van der Waals surface area (Å²) in [6.07, 6.45) is 0.843. The molecule has 3 N–H and O–H groups in total. The Morgan fingerprint density at radius 3 is 2.75 bits per heavy atom. The number of nitrogens with two attached hydrogens (primary N) is 1. The van der Waals surface area contributed by atoms with E-state index in [0.717, 1.165) is 5.56 Å². The van der Waals surface area contributed by atoms with E-state index in [0.29, 0.717) is 29.4 Å². The van der Waals surface area contributed by atoms with Gasteiger partial charge in [-0.2, -0.15) is 0 Å². The number of hydrogen-bond donors (Lipinski definition) is 2. The number of β-amino-alcohol motifs (C(OH)–C–C–N with tert-alkyl or cyclic N) is 1. The standard InChI is InChI=1S/C14H17BrN2O3/c1-9-3-4-10(11(15)7-9)12(18)17-6-2-5-14(20,8-17)13(16)19/h3-4,7,20H,2,5-6,8H2,1H3,(H2,16,19). The highest BCUT2D eigenvalue weighted by atomic mass is 79.9. The molecule has 1 fully saturated rings. The molecule has 1 heterocycles. The maximum Gasteiger partial charge on any atom is 0.255 e. The van der Waals surface area contributed by atoms with Gasteiger partial charge in [0.1, 0.15) is 0 Å². The van der Waals surface area contributed by atoms with Gasteiger partial charge in [0.05, 0.1) is 12.1 Å². The molecule has 1 aliphatic rings. The second-order valence-corrected chi connectivity index (χ2v) is 6.06. The first-order chi connectivity index (χ1) is 9.33. The molecule has 1 unspecified atom stereocenters. The third-order valence-corrected chi connectivity index (χ3v) is 4.23. The first-order valence-corrected chi connectivity index (χ1v) is 7.20. The van der Waals surface area contributed by atoms with Gasteiger partial charge in [0, 0.05) is 11.0 Å². The van der Waals surface area contributed by atoms with Gasteiger partial charge in [-0.25, -0.2) is 0 Å². The van der Waals surface area contributed by atoms with Gasteiger partial charge in [-0.15, -0.1) is 0 Å². The average molecular weight is 341 g/mol. The molecular weight excluding hydrogens is 324 g/mol. The largest absolute Gasteiger partial charge is 0.378 e. The predicted octanol–water partition coefficient (Wildman–Crippen LogP) is 1.21. The Kier molecular flexibility index (Phi) is 4.15. The summed E-state index contributed by atoms with van der Waals surface area (Å²) in [5.74, 6) is -0.991. The molecule has 1 atom stereocenters. The number of carbonyl (C=O) groups excluding carboxylic acids is 2. The Morgan fingerprint density at radius 2 is 2.15 bits per heavy atom. The van der Waals surface area contributed by atoms with Crippen LogP contribution < -0.4 is 5.73 Å².